The quantitative estimate of drug-likeness (QED) is 0.324. The largest absolute Gasteiger partial charge is 0.360 e. The van der Waals surface area contributed by atoms with Gasteiger partial charge in [0, 0.05) is 52.4 Å². The van der Waals surface area contributed by atoms with Gasteiger partial charge in [-0.1, -0.05) is 36.4 Å². The molecule has 2 aromatic heterocycles. The second-order valence-corrected chi connectivity index (χ2v) is 7.41. The summed E-state index contributed by atoms with van der Waals surface area (Å²) >= 11 is 1.74. The van der Waals surface area contributed by atoms with Crippen LogP contribution in [0.5, 0.6) is 0 Å². The molecule has 3 N–H and O–H groups in total. The van der Waals surface area contributed by atoms with Gasteiger partial charge in [0.2, 0.25) is 0 Å². The van der Waals surface area contributed by atoms with Gasteiger partial charge in [0.05, 0.1) is 11.2 Å². The smallest absolute Gasteiger partial charge is 0.319 e. The van der Waals surface area contributed by atoms with Crippen LogP contribution in [0.3, 0.4) is 0 Å². The minimum atomic E-state index is -0.173. The van der Waals surface area contributed by atoms with E-state index in [1.54, 1.807) is 11.8 Å². The highest BCUT2D eigenvalue weighted by molar-refractivity contribution is 7.99. The first-order valence-electron chi connectivity index (χ1n) is 9.08. The third kappa shape index (κ3) is 3.66. The fourth-order valence-corrected chi connectivity index (χ4v) is 4.16. The molecular weight excluding hydrogens is 356 g/mol. The molecule has 0 aliphatic carbocycles. The van der Waals surface area contributed by atoms with Crippen molar-refractivity contribution in [3.8, 4) is 0 Å². The number of nitrogens with one attached hydrogen (secondary N) is 3. The van der Waals surface area contributed by atoms with Crippen LogP contribution in [0.2, 0.25) is 0 Å². The summed E-state index contributed by atoms with van der Waals surface area (Å²) in [5.41, 5.74) is 3.11. The van der Waals surface area contributed by atoms with Crippen LogP contribution in [0.15, 0.2) is 65.8 Å². The Morgan fingerprint density at radius 3 is 2.74 bits per heavy atom. The van der Waals surface area contributed by atoms with E-state index in [9.17, 15) is 4.79 Å². The van der Waals surface area contributed by atoms with E-state index < -0.39 is 0 Å². The van der Waals surface area contributed by atoms with Gasteiger partial charge >= 0.3 is 6.03 Å². The molecule has 5 nitrogen and oxygen atoms in total. The maximum atomic E-state index is 12.3. The van der Waals surface area contributed by atoms with Gasteiger partial charge in [0.25, 0.3) is 0 Å². The van der Waals surface area contributed by atoms with Crippen LogP contribution < -0.4 is 10.6 Å². The number of amides is 2. The molecule has 0 aliphatic rings. The first kappa shape index (κ1) is 17.5. The molecule has 4 aromatic rings. The second kappa shape index (κ2) is 7.80. The Kier molecular flexibility index (Phi) is 5.07. The van der Waals surface area contributed by atoms with Gasteiger partial charge in [0.1, 0.15) is 0 Å². The van der Waals surface area contributed by atoms with Crippen molar-refractivity contribution in [3.63, 3.8) is 0 Å². The molecule has 0 bridgehead atoms. The number of fused-ring (bicyclic) bond motifs is 2. The Bertz CT molecular complexity index is 1080. The van der Waals surface area contributed by atoms with E-state index in [0.29, 0.717) is 6.54 Å². The van der Waals surface area contributed by atoms with E-state index in [2.05, 4.69) is 45.3 Å². The zero-order valence-corrected chi connectivity index (χ0v) is 16.0. The summed E-state index contributed by atoms with van der Waals surface area (Å²) in [6.45, 7) is 3.56. The van der Waals surface area contributed by atoms with Crippen molar-refractivity contribution in [2.75, 3.05) is 17.6 Å². The Labute approximate surface area is 162 Å². The Morgan fingerprint density at radius 1 is 1.11 bits per heavy atom. The first-order valence-corrected chi connectivity index (χ1v) is 10.1. The van der Waals surface area contributed by atoms with E-state index in [1.165, 1.54) is 10.3 Å². The molecular formula is C21H22N4OS. The molecule has 0 atom stereocenters. The summed E-state index contributed by atoms with van der Waals surface area (Å²) < 4.78 is 2.14. The van der Waals surface area contributed by atoms with Crippen molar-refractivity contribution in [1.82, 2.24) is 14.9 Å². The lowest BCUT2D eigenvalue weighted by Crippen LogP contribution is -2.30. The first-order chi connectivity index (χ1) is 13.3. The summed E-state index contributed by atoms with van der Waals surface area (Å²) in [4.78, 5) is 16.8. The number of carbonyl (C=O) groups excluding carboxylic acids is 1. The molecule has 27 heavy (non-hydrogen) atoms. The minimum Gasteiger partial charge on any atom is -0.360 e. The fourth-order valence-electron chi connectivity index (χ4n) is 3.26. The number of aromatic amines is 1. The topological polar surface area (TPSA) is 61.9 Å². The molecule has 0 unspecified atom stereocenters. The molecule has 0 radical (unpaired) electrons. The monoisotopic (exact) mass is 378 g/mol. The number of urea groups is 1. The predicted molar refractivity (Wildman–Crippen MR) is 114 cm³/mol. The lowest BCUT2D eigenvalue weighted by molar-refractivity contribution is 0.252. The SMILES string of the molecule is CCn1cc(NC(=O)NCCSc2c[nH]c3ccccc23)c2ccccc21. The van der Waals surface area contributed by atoms with Gasteiger partial charge in [-0.05, 0) is 19.1 Å². The number of H-pyrrole nitrogens is 1. The lowest BCUT2D eigenvalue weighted by atomic mass is 10.2. The summed E-state index contributed by atoms with van der Waals surface area (Å²) in [6, 6.07) is 16.2. The lowest BCUT2D eigenvalue weighted by Gasteiger charge is -2.06. The van der Waals surface area contributed by atoms with E-state index in [1.807, 2.05) is 42.7 Å². The van der Waals surface area contributed by atoms with E-state index in [4.69, 9.17) is 0 Å². The highest BCUT2D eigenvalue weighted by Crippen LogP contribution is 2.27. The number of rotatable bonds is 6. The van der Waals surface area contributed by atoms with Crippen LogP contribution in [0.1, 0.15) is 6.92 Å². The predicted octanol–water partition coefficient (Wildman–Crippen LogP) is 5.06. The number of carbonyl (C=O) groups is 1. The molecule has 4 rings (SSSR count). The van der Waals surface area contributed by atoms with Crippen molar-refractivity contribution in [3.05, 3.63) is 60.9 Å². The number of benzene rings is 2. The van der Waals surface area contributed by atoms with Crippen molar-refractivity contribution < 1.29 is 4.79 Å². The molecule has 0 fully saturated rings. The van der Waals surface area contributed by atoms with Gasteiger partial charge in [-0.3, -0.25) is 0 Å². The number of hydrogen-bond acceptors (Lipinski definition) is 2. The molecule has 2 aromatic carbocycles. The fraction of sp³-hybridized carbons (Fsp3) is 0.190. The standard InChI is InChI=1S/C21H22N4OS/c1-2-25-14-18(15-7-4-6-10-19(15)25)24-21(26)22-11-12-27-20-13-23-17-9-5-3-8-16(17)20/h3-10,13-14,23H,2,11-12H2,1H3,(H2,22,24,26). The van der Waals surface area contributed by atoms with Crippen LogP contribution in [0.4, 0.5) is 10.5 Å². The summed E-state index contributed by atoms with van der Waals surface area (Å²) in [7, 11) is 0. The van der Waals surface area contributed by atoms with Crippen LogP contribution in [-0.4, -0.2) is 27.9 Å². The Hall–Kier alpha value is -2.86. The van der Waals surface area contributed by atoms with Gasteiger partial charge in [-0.25, -0.2) is 4.79 Å². The molecule has 0 aliphatic heterocycles. The van der Waals surface area contributed by atoms with Crippen molar-refractivity contribution in [2.24, 2.45) is 0 Å². The highest BCUT2D eigenvalue weighted by Gasteiger charge is 2.10. The third-order valence-corrected chi connectivity index (χ3v) is 5.63. The van der Waals surface area contributed by atoms with Crippen LogP contribution in [0.25, 0.3) is 21.8 Å². The summed E-state index contributed by atoms with van der Waals surface area (Å²) in [5, 5.41) is 8.20. The maximum absolute atomic E-state index is 12.3. The number of para-hydroxylation sites is 2. The molecule has 138 valence electrons. The number of nitrogens with zero attached hydrogens (tertiary/aromatic N) is 1. The summed E-state index contributed by atoms with van der Waals surface area (Å²) in [5.74, 6) is 0.811. The van der Waals surface area contributed by atoms with Crippen LogP contribution >= 0.6 is 11.8 Å². The van der Waals surface area contributed by atoms with E-state index in [0.717, 1.165) is 34.4 Å². The molecule has 6 heteroatoms. The summed E-state index contributed by atoms with van der Waals surface area (Å²) in [6.07, 6.45) is 4.01. The second-order valence-electron chi connectivity index (χ2n) is 6.27. The molecule has 0 saturated carbocycles. The van der Waals surface area contributed by atoms with Gasteiger partial charge in [-0.2, -0.15) is 0 Å². The average molecular weight is 379 g/mol. The minimum absolute atomic E-state index is 0.173. The normalized spacial score (nSPS) is 11.1. The number of aromatic nitrogens is 2. The number of hydrogen-bond donors (Lipinski definition) is 3. The zero-order chi connectivity index (χ0) is 18.6. The van der Waals surface area contributed by atoms with Crippen LogP contribution in [-0.2, 0) is 6.54 Å². The number of anilines is 1. The average Bonchev–Trinajstić information content (AvgIpc) is 3.27. The van der Waals surface area contributed by atoms with Crippen molar-refractivity contribution >= 4 is 45.3 Å². The van der Waals surface area contributed by atoms with E-state index >= 15 is 0 Å². The maximum Gasteiger partial charge on any atom is 0.319 e. The van der Waals surface area contributed by atoms with Crippen molar-refractivity contribution in [1.29, 1.82) is 0 Å². The Balaban J connectivity index is 1.33. The van der Waals surface area contributed by atoms with E-state index in [-0.39, 0.29) is 6.03 Å². The molecule has 2 amide bonds. The van der Waals surface area contributed by atoms with Gasteiger partial charge in [0.15, 0.2) is 0 Å². The van der Waals surface area contributed by atoms with Gasteiger partial charge in [-0.15, -0.1) is 11.8 Å². The third-order valence-electron chi connectivity index (χ3n) is 4.57. The number of thioether (sulfide) groups is 1. The van der Waals surface area contributed by atoms with Crippen LogP contribution in [0, 0.1) is 0 Å². The molecule has 2 heterocycles. The van der Waals surface area contributed by atoms with Crippen molar-refractivity contribution in [2.45, 2.75) is 18.4 Å². The molecule has 0 spiro atoms. The Morgan fingerprint density at radius 2 is 1.89 bits per heavy atom. The molecule has 0 saturated heterocycles. The number of aryl methyl sites for hydroxylation is 1. The van der Waals surface area contributed by atoms with Gasteiger partial charge < -0.3 is 20.2 Å². The zero-order valence-electron chi connectivity index (χ0n) is 15.2. The highest BCUT2D eigenvalue weighted by atomic mass is 32.2.